The molecule has 1 aromatic carbocycles. The van der Waals surface area contributed by atoms with E-state index in [1.54, 1.807) is 6.07 Å². The second kappa shape index (κ2) is 7.88. The number of amides is 2. The standard InChI is InChI=1S/C21H25N3O4/c1-14-12-17(15(2)24(14)16-8-4-3-5-9-16)19(26)23-22-18(25)13-21(20(27)28)10-6-7-11-21/h3-5,8-9,12H,6-7,10-11,13H2,1-2H3,(H,22,25)(H,23,26)(H,27,28). The van der Waals surface area contributed by atoms with Crippen LogP contribution in [0.2, 0.25) is 0 Å². The molecule has 0 radical (unpaired) electrons. The van der Waals surface area contributed by atoms with E-state index in [-0.39, 0.29) is 6.42 Å². The third-order valence-corrected chi connectivity index (χ3v) is 5.52. The topological polar surface area (TPSA) is 100 Å². The number of aromatic nitrogens is 1. The summed E-state index contributed by atoms with van der Waals surface area (Å²) in [5.41, 5.74) is 6.83. The smallest absolute Gasteiger partial charge is 0.310 e. The molecule has 0 unspecified atom stereocenters. The lowest BCUT2D eigenvalue weighted by molar-refractivity contribution is -0.151. The number of nitrogens with zero attached hydrogens (tertiary/aromatic N) is 1. The van der Waals surface area contributed by atoms with Gasteiger partial charge < -0.3 is 9.67 Å². The minimum Gasteiger partial charge on any atom is -0.481 e. The number of benzene rings is 1. The third kappa shape index (κ3) is 3.78. The van der Waals surface area contributed by atoms with E-state index in [9.17, 15) is 19.5 Å². The molecule has 1 aliphatic rings. The van der Waals surface area contributed by atoms with E-state index in [2.05, 4.69) is 10.9 Å². The molecule has 28 heavy (non-hydrogen) atoms. The molecule has 1 aliphatic carbocycles. The Morgan fingerprint density at radius 3 is 2.32 bits per heavy atom. The Bertz CT molecular complexity index is 896. The van der Waals surface area contributed by atoms with Crippen molar-refractivity contribution in [1.82, 2.24) is 15.4 Å². The Balaban J connectivity index is 1.67. The van der Waals surface area contributed by atoms with Gasteiger partial charge in [0.05, 0.1) is 11.0 Å². The van der Waals surface area contributed by atoms with Gasteiger partial charge in [-0.25, -0.2) is 0 Å². The Labute approximate surface area is 163 Å². The monoisotopic (exact) mass is 383 g/mol. The van der Waals surface area contributed by atoms with Crippen molar-refractivity contribution in [3.05, 3.63) is 53.3 Å². The molecule has 1 heterocycles. The zero-order valence-corrected chi connectivity index (χ0v) is 16.1. The average molecular weight is 383 g/mol. The highest BCUT2D eigenvalue weighted by molar-refractivity contribution is 5.97. The van der Waals surface area contributed by atoms with E-state index >= 15 is 0 Å². The van der Waals surface area contributed by atoms with Gasteiger partial charge >= 0.3 is 5.97 Å². The molecule has 0 spiro atoms. The van der Waals surface area contributed by atoms with E-state index in [0.29, 0.717) is 18.4 Å². The third-order valence-electron chi connectivity index (χ3n) is 5.52. The number of rotatable bonds is 5. The molecule has 1 saturated carbocycles. The first-order valence-electron chi connectivity index (χ1n) is 9.41. The lowest BCUT2D eigenvalue weighted by atomic mass is 9.82. The van der Waals surface area contributed by atoms with Gasteiger partial charge in [0.1, 0.15) is 0 Å². The molecule has 148 valence electrons. The van der Waals surface area contributed by atoms with Gasteiger partial charge in [-0.05, 0) is 44.9 Å². The van der Waals surface area contributed by atoms with Crippen molar-refractivity contribution in [3.63, 3.8) is 0 Å². The Morgan fingerprint density at radius 2 is 1.71 bits per heavy atom. The number of carbonyl (C=O) groups excluding carboxylic acids is 2. The normalized spacial score (nSPS) is 15.2. The van der Waals surface area contributed by atoms with Crippen LogP contribution in [0.3, 0.4) is 0 Å². The molecule has 1 fully saturated rings. The second-order valence-electron chi connectivity index (χ2n) is 7.43. The van der Waals surface area contributed by atoms with E-state index < -0.39 is 23.2 Å². The van der Waals surface area contributed by atoms with Crippen LogP contribution >= 0.6 is 0 Å². The number of hydrogen-bond donors (Lipinski definition) is 3. The number of hydrogen-bond acceptors (Lipinski definition) is 3. The van der Waals surface area contributed by atoms with E-state index in [0.717, 1.165) is 29.9 Å². The number of nitrogens with one attached hydrogen (secondary N) is 2. The van der Waals surface area contributed by atoms with Crippen molar-refractivity contribution in [3.8, 4) is 5.69 Å². The van der Waals surface area contributed by atoms with Crippen molar-refractivity contribution in [2.45, 2.75) is 46.0 Å². The van der Waals surface area contributed by atoms with Crippen LogP contribution in [0.5, 0.6) is 0 Å². The SMILES string of the molecule is Cc1cc(C(=O)NNC(=O)CC2(C(=O)O)CCCC2)c(C)n1-c1ccccc1. The maximum atomic E-state index is 12.6. The lowest BCUT2D eigenvalue weighted by Crippen LogP contribution is -2.44. The predicted octanol–water partition coefficient (Wildman–Crippen LogP) is 2.89. The van der Waals surface area contributed by atoms with Crippen LogP contribution in [0.15, 0.2) is 36.4 Å². The molecule has 0 saturated heterocycles. The molecule has 0 bridgehead atoms. The molecule has 3 rings (SSSR count). The van der Waals surface area contributed by atoms with E-state index in [1.165, 1.54) is 0 Å². The van der Waals surface area contributed by atoms with Crippen LogP contribution in [0.25, 0.3) is 5.69 Å². The molecular weight excluding hydrogens is 358 g/mol. The van der Waals surface area contributed by atoms with E-state index in [4.69, 9.17) is 0 Å². The Morgan fingerprint density at radius 1 is 1.07 bits per heavy atom. The zero-order valence-electron chi connectivity index (χ0n) is 16.1. The van der Waals surface area contributed by atoms with Gasteiger partial charge in [0.2, 0.25) is 5.91 Å². The van der Waals surface area contributed by atoms with Crippen LogP contribution in [-0.2, 0) is 9.59 Å². The summed E-state index contributed by atoms with van der Waals surface area (Å²) in [4.78, 5) is 36.4. The number of para-hydroxylation sites is 1. The van der Waals surface area contributed by atoms with E-state index in [1.807, 2.05) is 48.7 Å². The summed E-state index contributed by atoms with van der Waals surface area (Å²) in [5, 5.41) is 9.48. The molecule has 7 nitrogen and oxygen atoms in total. The fraction of sp³-hybridized carbons (Fsp3) is 0.381. The van der Waals surface area contributed by atoms with Crippen molar-refractivity contribution in [2.75, 3.05) is 0 Å². The van der Waals surface area contributed by atoms with Crippen LogP contribution in [0, 0.1) is 19.3 Å². The maximum Gasteiger partial charge on any atom is 0.310 e. The quantitative estimate of drug-likeness (QED) is 0.691. The summed E-state index contributed by atoms with van der Waals surface area (Å²) in [6.07, 6.45) is 2.45. The summed E-state index contributed by atoms with van der Waals surface area (Å²) in [5.74, 6) is -1.87. The molecule has 0 aliphatic heterocycles. The fourth-order valence-electron chi connectivity index (χ4n) is 4.03. The maximum absolute atomic E-state index is 12.6. The average Bonchev–Trinajstić information content (AvgIpc) is 3.26. The first-order chi connectivity index (χ1) is 13.3. The van der Waals surface area contributed by atoms with Crippen molar-refractivity contribution in [1.29, 1.82) is 0 Å². The minimum atomic E-state index is -1.02. The highest BCUT2D eigenvalue weighted by Gasteiger charge is 2.43. The second-order valence-corrected chi connectivity index (χ2v) is 7.43. The van der Waals surface area contributed by atoms with Crippen molar-refractivity contribution < 1.29 is 19.5 Å². The van der Waals surface area contributed by atoms with Crippen molar-refractivity contribution >= 4 is 17.8 Å². The number of carbonyl (C=O) groups is 3. The van der Waals surface area contributed by atoms with Crippen LogP contribution in [-0.4, -0.2) is 27.5 Å². The van der Waals surface area contributed by atoms with Gasteiger partial charge in [-0.2, -0.15) is 0 Å². The summed E-state index contributed by atoms with van der Waals surface area (Å²) >= 11 is 0. The summed E-state index contributed by atoms with van der Waals surface area (Å²) in [6.45, 7) is 3.75. The zero-order chi connectivity index (χ0) is 20.3. The highest BCUT2D eigenvalue weighted by atomic mass is 16.4. The van der Waals surface area contributed by atoms with Crippen LogP contribution < -0.4 is 10.9 Å². The molecule has 2 amide bonds. The number of carboxylic acid groups (broad SMARTS) is 1. The van der Waals surface area contributed by atoms with Gasteiger partial charge in [-0.15, -0.1) is 0 Å². The minimum absolute atomic E-state index is 0.133. The first-order valence-corrected chi connectivity index (χ1v) is 9.41. The number of aryl methyl sites for hydroxylation is 1. The number of hydrazine groups is 1. The first kappa shape index (κ1) is 19.7. The predicted molar refractivity (Wildman–Crippen MR) is 104 cm³/mol. The molecule has 2 aromatic rings. The molecule has 3 N–H and O–H groups in total. The van der Waals surface area contributed by atoms with Gasteiger partial charge in [0, 0.05) is 23.5 Å². The molecule has 1 aromatic heterocycles. The van der Waals surface area contributed by atoms with Crippen LogP contribution in [0.4, 0.5) is 0 Å². The number of aliphatic carboxylic acids is 1. The molecule has 7 heteroatoms. The Hall–Kier alpha value is -3.09. The van der Waals surface area contributed by atoms with Crippen molar-refractivity contribution in [2.24, 2.45) is 5.41 Å². The number of carboxylic acids is 1. The summed E-state index contributed by atoms with van der Waals surface area (Å²) < 4.78 is 1.97. The lowest BCUT2D eigenvalue weighted by Gasteiger charge is -2.22. The van der Waals surface area contributed by atoms with Gasteiger partial charge in [-0.1, -0.05) is 31.0 Å². The molecule has 0 atom stereocenters. The van der Waals surface area contributed by atoms with Gasteiger partial charge in [-0.3, -0.25) is 25.2 Å². The fourth-order valence-corrected chi connectivity index (χ4v) is 4.03. The highest BCUT2D eigenvalue weighted by Crippen LogP contribution is 2.41. The van der Waals surface area contributed by atoms with Crippen LogP contribution in [0.1, 0.15) is 53.8 Å². The molecular formula is C21H25N3O4. The Kier molecular flexibility index (Phi) is 5.53. The van der Waals surface area contributed by atoms with Gasteiger partial charge in [0.15, 0.2) is 0 Å². The van der Waals surface area contributed by atoms with Gasteiger partial charge in [0.25, 0.3) is 5.91 Å². The largest absolute Gasteiger partial charge is 0.481 e. The summed E-state index contributed by atoms with van der Waals surface area (Å²) in [6, 6.07) is 11.5. The summed E-state index contributed by atoms with van der Waals surface area (Å²) in [7, 11) is 0.